The lowest BCUT2D eigenvalue weighted by Crippen LogP contribution is -2.21. The van der Waals surface area contributed by atoms with Gasteiger partial charge in [-0.2, -0.15) is 5.10 Å². The van der Waals surface area contributed by atoms with Gasteiger partial charge in [-0.3, -0.25) is 4.79 Å². The van der Waals surface area contributed by atoms with Gasteiger partial charge in [-0.1, -0.05) is 12.1 Å². The number of anilines is 1. The predicted molar refractivity (Wildman–Crippen MR) is 81.1 cm³/mol. The fourth-order valence-corrected chi connectivity index (χ4v) is 1.74. The molecule has 0 atom stereocenters. The molecule has 110 valence electrons. The van der Waals surface area contributed by atoms with Crippen molar-refractivity contribution in [1.29, 1.82) is 0 Å². The minimum Gasteiger partial charge on any atom is -0.349 e. The van der Waals surface area contributed by atoms with Crippen LogP contribution in [0, 0.1) is 13.8 Å². The smallest absolute Gasteiger partial charge is 0.253 e. The van der Waals surface area contributed by atoms with Crippen LogP contribution in [0.1, 0.15) is 27.3 Å². The van der Waals surface area contributed by atoms with E-state index in [0.717, 1.165) is 17.0 Å². The highest BCUT2D eigenvalue weighted by molar-refractivity contribution is 5.93. The highest BCUT2D eigenvalue weighted by Gasteiger charge is 2.07. The summed E-state index contributed by atoms with van der Waals surface area (Å²) >= 11 is 0. The van der Waals surface area contributed by atoms with Gasteiger partial charge in [0.2, 0.25) is 5.95 Å². The van der Waals surface area contributed by atoms with E-state index in [1.165, 1.54) is 0 Å². The van der Waals surface area contributed by atoms with Crippen LogP contribution in [0.2, 0.25) is 0 Å². The van der Waals surface area contributed by atoms with Crippen LogP contribution < -0.4 is 5.32 Å². The number of aryl methyl sites for hydroxylation is 2. The molecule has 6 heteroatoms. The molecule has 0 radical (unpaired) electrons. The maximum absolute atomic E-state index is 11.8. The minimum absolute atomic E-state index is 0.00352. The zero-order valence-corrected chi connectivity index (χ0v) is 12.7. The molecule has 0 saturated heterocycles. The molecule has 0 aliphatic rings. The standard InChI is InChI=1S/C15H19N5O/c1-10-11(2)18-19-15(17-10)16-9-12-5-7-13(8-6-12)14(21)20(3)4/h5-8H,9H2,1-4H3,(H,16,17,19). The highest BCUT2D eigenvalue weighted by Crippen LogP contribution is 2.08. The average molecular weight is 285 g/mol. The van der Waals surface area contributed by atoms with Crippen molar-refractivity contribution in [2.24, 2.45) is 0 Å². The van der Waals surface area contributed by atoms with E-state index < -0.39 is 0 Å². The van der Waals surface area contributed by atoms with Crippen LogP contribution in [0.5, 0.6) is 0 Å². The van der Waals surface area contributed by atoms with E-state index in [2.05, 4.69) is 20.5 Å². The molecule has 21 heavy (non-hydrogen) atoms. The second kappa shape index (κ2) is 6.30. The van der Waals surface area contributed by atoms with Gasteiger partial charge >= 0.3 is 0 Å². The molecule has 1 amide bonds. The van der Waals surface area contributed by atoms with Crippen LogP contribution in [0.3, 0.4) is 0 Å². The van der Waals surface area contributed by atoms with E-state index in [4.69, 9.17) is 0 Å². The SMILES string of the molecule is Cc1nnc(NCc2ccc(C(=O)N(C)C)cc2)nc1C. The molecule has 2 rings (SSSR count). The lowest BCUT2D eigenvalue weighted by molar-refractivity contribution is 0.0827. The van der Waals surface area contributed by atoms with Crippen molar-refractivity contribution in [3.05, 3.63) is 46.8 Å². The summed E-state index contributed by atoms with van der Waals surface area (Å²) in [6, 6.07) is 7.47. The van der Waals surface area contributed by atoms with Crippen LogP contribution in [0.4, 0.5) is 5.95 Å². The Hall–Kier alpha value is -2.50. The molecule has 0 bridgehead atoms. The van der Waals surface area contributed by atoms with Crippen molar-refractivity contribution in [3.63, 3.8) is 0 Å². The Morgan fingerprint density at radius 3 is 2.33 bits per heavy atom. The largest absolute Gasteiger partial charge is 0.349 e. The lowest BCUT2D eigenvalue weighted by atomic mass is 10.1. The van der Waals surface area contributed by atoms with Crippen molar-refractivity contribution < 1.29 is 4.79 Å². The van der Waals surface area contributed by atoms with Gasteiger partial charge in [-0.05, 0) is 31.5 Å². The second-order valence-electron chi connectivity index (χ2n) is 5.06. The molecular formula is C15H19N5O. The van der Waals surface area contributed by atoms with Crippen molar-refractivity contribution in [3.8, 4) is 0 Å². The summed E-state index contributed by atoms with van der Waals surface area (Å²) < 4.78 is 0. The molecule has 0 saturated carbocycles. The summed E-state index contributed by atoms with van der Waals surface area (Å²) in [7, 11) is 3.48. The first-order chi connectivity index (χ1) is 9.97. The molecule has 1 N–H and O–H groups in total. The zero-order valence-electron chi connectivity index (χ0n) is 12.7. The minimum atomic E-state index is -0.00352. The molecule has 6 nitrogen and oxygen atoms in total. The number of rotatable bonds is 4. The zero-order chi connectivity index (χ0) is 15.4. The average Bonchev–Trinajstić information content (AvgIpc) is 2.48. The number of carbonyl (C=O) groups is 1. The Balaban J connectivity index is 2.00. The number of carbonyl (C=O) groups excluding carboxylic acids is 1. The molecule has 1 aromatic heterocycles. The molecule has 1 aromatic carbocycles. The molecule has 2 aromatic rings. The van der Waals surface area contributed by atoms with Crippen molar-refractivity contribution in [2.45, 2.75) is 20.4 Å². The first-order valence-electron chi connectivity index (χ1n) is 6.70. The van der Waals surface area contributed by atoms with E-state index in [9.17, 15) is 4.79 Å². The van der Waals surface area contributed by atoms with E-state index in [-0.39, 0.29) is 5.91 Å². The molecule has 0 aliphatic heterocycles. The van der Waals surface area contributed by atoms with Gasteiger partial charge in [-0.25, -0.2) is 4.98 Å². The van der Waals surface area contributed by atoms with Crippen molar-refractivity contribution >= 4 is 11.9 Å². The molecule has 0 aliphatic carbocycles. The number of nitrogens with zero attached hydrogens (tertiary/aromatic N) is 4. The van der Waals surface area contributed by atoms with Gasteiger partial charge in [0.15, 0.2) is 0 Å². The normalized spacial score (nSPS) is 10.3. The number of aromatic nitrogens is 3. The van der Waals surface area contributed by atoms with Gasteiger partial charge in [0.1, 0.15) is 0 Å². The maximum atomic E-state index is 11.8. The number of amides is 1. The molecule has 1 heterocycles. The fourth-order valence-electron chi connectivity index (χ4n) is 1.74. The summed E-state index contributed by atoms with van der Waals surface area (Å²) in [6.45, 7) is 4.36. The van der Waals surface area contributed by atoms with Gasteiger partial charge in [0.25, 0.3) is 5.91 Å². The van der Waals surface area contributed by atoms with Gasteiger partial charge in [0, 0.05) is 26.2 Å². The summed E-state index contributed by atoms with van der Waals surface area (Å²) in [4.78, 5) is 17.7. The van der Waals surface area contributed by atoms with Crippen LogP contribution >= 0.6 is 0 Å². The lowest BCUT2D eigenvalue weighted by Gasteiger charge is -2.11. The first-order valence-corrected chi connectivity index (χ1v) is 6.70. The summed E-state index contributed by atoms with van der Waals surface area (Å²) in [5, 5.41) is 11.1. The van der Waals surface area contributed by atoms with Crippen LogP contribution in [-0.2, 0) is 6.54 Å². The van der Waals surface area contributed by atoms with E-state index in [1.54, 1.807) is 19.0 Å². The van der Waals surface area contributed by atoms with Crippen LogP contribution in [-0.4, -0.2) is 40.1 Å². The third kappa shape index (κ3) is 3.75. The first kappa shape index (κ1) is 14.9. The van der Waals surface area contributed by atoms with Crippen molar-refractivity contribution in [2.75, 3.05) is 19.4 Å². The van der Waals surface area contributed by atoms with Crippen LogP contribution in [0.25, 0.3) is 0 Å². The third-order valence-corrected chi connectivity index (χ3v) is 3.15. The van der Waals surface area contributed by atoms with E-state index >= 15 is 0 Å². The Bertz CT molecular complexity index is 637. The second-order valence-corrected chi connectivity index (χ2v) is 5.06. The Kier molecular flexibility index (Phi) is 4.47. The highest BCUT2D eigenvalue weighted by atomic mass is 16.2. The Morgan fingerprint density at radius 2 is 1.76 bits per heavy atom. The summed E-state index contributed by atoms with van der Waals surface area (Å²) in [6.07, 6.45) is 0. The van der Waals surface area contributed by atoms with E-state index in [0.29, 0.717) is 18.1 Å². The fraction of sp³-hybridized carbons (Fsp3) is 0.333. The third-order valence-electron chi connectivity index (χ3n) is 3.15. The van der Waals surface area contributed by atoms with Crippen LogP contribution in [0.15, 0.2) is 24.3 Å². The number of nitrogens with one attached hydrogen (secondary N) is 1. The molecule has 0 fully saturated rings. The van der Waals surface area contributed by atoms with Gasteiger partial charge < -0.3 is 10.2 Å². The number of hydrogen-bond acceptors (Lipinski definition) is 5. The quantitative estimate of drug-likeness (QED) is 0.927. The summed E-state index contributed by atoms with van der Waals surface area (Å²) in [5.74, 6) is 0.503. The van der Waals surface area contributed by atoms with Gasteiger partial charge in [-0.15, -0.1) is 5.10 Å². The topological polar surface area (TPSA) is 71.0 Å². The summed E-state index contributed by atoms with van der Waals surface area (Å²) in [5.41, 5.74) is 3.41. The van der Waals surface area contributed by atoms with E-state index in [1.807, 2.05) is 38.1 Å². The van der Waals surface area contributed by atoms with Crippen molar-refractivity contribution in [1.82, 2.24) is 20.1 Å². The predicted octanol–water partition coefficient (Wildman–Crippen LogP) is 1.80. The van der Waals surface area contributed by atoms with Gasteiger partial charge in [0.05, 0.1) is 11.4 Å². The number of hydrogen-bond donors (Lipinski definition) is 1. The Morgan fingerprint density at radius 1 is 1.10 bits per heavy atom. The molecule has 0 unspecified atom stereocenters. The Labute approximate surface area is 124 Å². The molecule has 0 spiro atoms. The monoisotopic (exact) mass is 285 g/mol. The molecular weight excluding hydrogens is 266 g/mol. The maximum Gasteiger partial charge on any atom is 0.253 e. The number of benzene rings is 1.